The molecule has 4 nitrogen and oxygen atoms in total. The van der Waals surface area contributed by atoms with Gasteiger partial charge in [-0.15, -0.1) is 11.8 Å². The van der Waals surface area contributed by atoms with Crippen molar-refractivity contribution >= 4 is 23.4 Å². The third kappa shape index (κ3) is 3.62. The van der Waals surface area contributed by atoms with Gasteiger partial charge in [-0.1, -0.05) is 6.07 Å². The molecule has 0 saturated heterocycles. The Morgan fingerprint density at radius 1 is 1.09 bits per heavy atom. The summed E-state index contributed by atoms with van der Waals surface area (Å²) in [6.07, 6.45) is 2.85. The predicted molar refractivity (Wildman–Crippen MR) is 93.0 cm³/mol. The highest BCUT2D eigenvalue weighted by molar-refractivity contribution is 7.98. The van der Waals surface area contributed by atoms with E-state index in [-0.39, 0.29) is 5.91 Å². The van der Waals surface area contributed by atoms with Crippen molar-refractivity contribution < 1.29 is 14.3 Å². The van der Waals surface area contributed by atoms with Gasteiger partial charge >= 0.3 is 0 Å². The summed E-state index contributed by atoms with van der Waals surface area (Å²) in [5, 5.41) is 2.94. The fourth-order valence-electron chi connectivity index (χ4n) is 2.41. The molecule has 0 fully saturated rings. The number of amides is 1. The molecule has 0 aliphatic carbocycles. The molecule has 1 amide bonds. The van der Waals surface area contributed by atoms with Crippen LogP contribution < -0.4 is 14.8 Å². The lowest BCUT2D eigenvalue weighted by atomic mass is 10.1. The molecular formula is C18H19NO3S. The second kappa shape index (κ2) is 6.96. The number of nitrogens with one attached hydrogen (secondary N) is 1. The van der Waals surface area contributed by atoms with Gasteiger partial charge in [0.25, 0.3) is 5.91 Å². The summed E-state index contributed by atoms with van der Waals surface area (Å²) in [4.78, 5) is 13.6. The van der Waals surface area contributed by atoms with Crippen LogP contribution in [-0.2, 0) is 0 Å². The number of carbonyl (C=O) groups excluding carboxylic acids is 1. The summed E-state index contributed by atoms with van der Waals surface area (Å²) in [5.41, 5.74) is 2.34. The van der Waals surface area contributed by atoms with E-state index in [1.54, 1.807) is 11.8 Å². The number of benzene rings is 2. The Labute approximate surface area is 140 Å². The van der Waals surface area contributed by atoms with Crippen molar-refractivity contribution in [2.45, 2.75) is 18.2 Å². The van der Waals surface area contributed by atoms with Crippen molar-refractivity contribution in [1.29, 1.82) is 0 Å². The highest BCUT2D eigenvalue weighted by Crippen LogP contribution is 2.32. The average molecular weight is 329 g/mol. The number of hydrogen-bond donors (Lipinski definition) is 1. The lowest BCUT2D eigenvalue weighted by molar-refractivity contribution is 0.102. The topological polar surface area (TPSA) is 47.6 Å². The monoisotopic (exact) mass is 329 g/mol. The Morgan fingerprint density at radius 2 is 1.87 bits per heavy atom. The minimum Gasteiger partial charge on any atom is -0.490 e. The zero-order valence-electron chi connectivity index (χ0n) is 13.2. The Balaban J connectivity index is 1.82. The van der Waals surface area contributed by atoms with E-state index in [0.29, 0.717) is 30.2 Å². The highest BCUT2D eigenvalue weighted by Gasteiger charge is 2.14. The lowest BCUT2D eigenvalue weighted by Gasteiger charge is -2.12. The molecule has 1 heterocycles. The van der Waals surface area contributed by atoms with Gasteiger partial charge in [-0.25, -0.2) is 0 Å². The highest BCUT2D eigenvalue weighted by atomic mass is 32.2. The molecule has 1 aliphatic rings. The van der Waals surface area contributed by atoms with Gasteiger partial charge < -0.3 is 14.8 Å². The molecule has 0 radical (unpaired) electrons. The molecule has 0 atom stereocenters. The zero-order chi connectivity index (χ0) is 16.2. The third-order valence-electron chi connectivity index (χ3n) is 3.69. The van der Waals surface area contributed by atoms with E-state index in [1.807, 2.05) is 49.6 Å². The second-order valence-electron chi connectivity index (χ2n) is 5.35. The maximum absolute atomic E-state index is 12.5. The maximum Gasteiger partial charge on any atom is 0.255 e. The first kappa shape index (κ1) is 15.7. The molecule has 1 aliphatic heterocycles. The summed E-state index contributed by atoms with van der Waals surface area (Å²) in [6.45, 7) is 3.21. The van der Waals surface area contributed by atoms with Crippen LogP contribution in [0.4, 0.5) is 5.69 Å². The van der Waals surface area contributed by atoms with E-state index >= 15 is 0 Å². The number of anilines is 1. The SMILES string of the molecule is CSc1ccc(C)c(C(=O)Nc2ccc3c(c2)OCCCO3)c1. The quantitative estimate of drug-likeness (QED) is 0.860. The van der Waals surface area contributed by atoms with Crippen LogP contribution in [0.1, 0.15) is 22.3 Å². The Morgan fingerprint density at radius 3 is 2.65 bits per heavy atom. The van der Waals surface area contributed by atoms with Crippen molar-refractivity contribution in [3.05, 3.63) is 47.5 Å². The zero-order valence-corrected chi connectivity index (χ0v) is 14.0. The van der Waals surface area contributed by atoms with Gasteiger partial charge in [-0.2, -0.15) is 0 Å². The molecule has 0 unspecified atom stereocenters. The van der Waals surface area contributed by atoms with E-state index in [4.69, 9.17) is 9.47 Å². The van der Waals surface area contributed by atoms with Gasteiger partial charge in [0.2, 0.25) is 0 Å². The molecule has 2 aromatic rings. The van der Waals surface area contributed by atoms with Crippen LogP contribution in [0.5, 0.6) is 11.5 Å². The van der Waals surface area contributed by atoms with Gasteiger partial charge in [0, 0.05) is 28.6 Å². The van der Waals surface area contributed by atoms with E-state index in [2.05, 4.69) is 5.32 Å². The fraction of sp³-hybridized carbons (Fsp3) is 0.278. The first-order valence-corrected chi connectivity index (χ1v) is 8.75. The normalized spacial score (nSPS) is 13.3. The molecule has 2 aromatic carbocycles. The Hall–Kier alpha value is -2.14. The fourth-order valence-corrected chi connectivity index (χ4v) is 2.85. The molecular weight excluding hydrogens is 310 g/mol. The van der Waals surface area contributed by atoms with Gasteiger partial charge in [0.15, 0.2) is 11.5 Å². The number of hydrogen-bond acceptors (Lipinski definition) is 4. The van der Waals surface area contributed by atoms with Gasteiger partial charge in [-0.3, -0.25) is 4.79 Å². The largest absolute Gasteiger partial charge is 0.490 e. The molecule has 3 rings (SSSR count). The van der Waals surface area contributed by atoms with Crippen molar-refractivity contribution in [3.8, 4) is 11.5 Å². The summed E-state index contributed by atoms with van der Waals surface area (Å²) >= 11 is 1.62. The van der Waals surface area contributed by atoms with Crippen LogP contribution >= 0.6 is 11.8 Å². The molecule has 23 heavy (non-hydrogen) atoms. The van der Waals surface area contributed by atoms with Crippen LogP contribution in [0.15, 0.2) is 41.3 Å². The van der Waals surface area contributed by atoms with Crippen molar-refractivity contribution in [2.75, 3.05) is 24.8 Å². The van der Waals surface area contributed by atoms with Crippen LogP contribution in [0.2, 0.25) is 0 Å². The number of thioether (sulfide) groups is 1. The van der Waals surface area contributed by atoms with Crippen molar-refractivity contribution in [2.24, 2.45) is 0 Å². The molecule has 0 aromatic heterocycles. The van der Waals surface area contributed by atoms with E-state index in [9.17, 15) is 4.79 Å². The van der Waals surface area contributed by atoms with Crippen molar-refractivity contribution in [3.63, 3.8) is 0 Å². The predicted octanol–water partition coefficient (Wildman–Crippen LogP) is 4.13. The van der Waals surface area contributed by atoms with E-state index < -0.39 is 0 Å². The Kier molecular flexibility index (Phi) is 4.76. The number of ether oxygens (including phenoxy) is 2. The summed E-state index contributed by atoms with van der Waals surface area (Å²) in [7, 11) is 0. The number of rotatable bonds is 3. The third-order valence-corrected chi connectivity index (χ3v) is 4.42. The number of fused-ring (bicyclic) bond motifs is 1. The van der Waals surface area contributed by atoms with Crippen LogP contribution in [0.25, 0.3) is 0 Å². The molecule has 1 N–H and O–H groups in total. The number of carbonyl (C=O) groups is 1. The first-order valence-electron chi connectivity index (χ1n) is 7.53. The minimum atomic E-state index is -0.118. The molecule has 5 heteroatoms. The summed E-state index contributed by atoms with van der Waals surface area (Å²) in [6, 6.07) is 11.4. The van der Waals surface area contributed by atoms with Crippen LogP contribution in [0, 0.1) is 6.92 Å². The molecule has 0 saturated carbocycles. The molecule has 0 bridgehead atoms. The standard InChI is InChI=1S/C18H19NO3S/c1-12-4-6-14(23-2)11-15(12)18(20)19-13-5-7-16-17(10-13)22-9-3-8-21-16/h4-7,10-11H,3,8-9H2,1-2H3,(H,19,20). The van der Waals surface area contributed by atoms with Crippen molar-refractivity contribution in [1.82, 2.24) is 0 Å². The smallest absolute Gasteiger partial charge is 0.255 e. The van der Waals surface area contributed by atoms with E-state index in [0.717, 1.165) is 22.6 Å². The molecule has 120 valence electrons. The van der Waals surface area contributed by atoms with Crippen LogP contribution in [-0.4, -0.2) is 25.4 Å². The maximum atomic E-state index is 12.5. The minimum absolute atomic E-state index is 0.118. The second-order valence-corrected chi connectivity index (χ2v) is 6.23. The summed E-state index contributed by atoms with van der Waals surface area (Å²) in [5.74, 6) is 1.28. The molecule has 0 spiro atoms. The van der Waals surface area contributed by atoms with E-state index in [1.165, 1.54) is 0 Å². The summed E-state index contributed by atoms with van der Waals surface area (Å²) < 4.78 is 11.3. The average Bonchev–Trinajstić information content (AvgIpc) is 2.80. The first-order chi connectivity index (χ1) is 11.2. The van der Waals surface area contributed by atoms with Gasteiger partial charge in [0.1, 0.15) is 0 Å². The number of aryl methyl sites for hydroxylation is 1. The lowest BCUT2D eigenvalue weighted by Crippen LogP contribution is -2.13. The van der Waals surface area contributed by atoms with Gasteiger partial charge in [0.05, 0.1) is 13.2 Å². The Bertz CT molecular complexity index is 730. The van der Waals surface area contributed by atoms with Crippen LogP contribution in [0.3, 0.4) is 0 Å². The van der Waals surface area contributed by atoms with Gasteiger partial charge in [-0.05, 0) is 43.0 Å².